The van der Waals surface area contributed by atoms with E-state index in [2.05, 4.69) is 62.6 Å². The van der Waals surface area contributed by atoms with E-state index in [1.165, 1.54) is 12.5 Å². The van der Waals surface area contributed by atoms with E-state index >= 15 is 0 Å². The number of carbonyl (C=O) groups is 5. The highest BCUT2D eigenvalue weighted by Gasteiger charge is 2.68. The van der Waals surface area contributed by atoms with Crippen molar-refractivity contribution in [3.8, 4) is 11.1 Å². The van der Waals surface area contributed by atoms with Gasteiger partial charge in [-0.2, -0.15) is 0 Å². The lowest BCUT2D eigenvalue weighted by Gasteiger charge is -2.64. The van der Waals surface area contributed by atoms with E-state index in [4.69, 9.17) is 15.0 Å². The molecule has 1 heterocycles. The number of benzene rings is 2. The van der Waals surface area contributed by atoms with Crippen molar-refractivity contribution in [3.63, 3.8) is 0 Å². The zero-order valence-corrected chi connectivity index (χ0v) is 38.8. The maximum atomic E-state index is 13.8. The predicted octanol–water partition coefficient (Wildman–Crippen LogP) is 7.69. The number of ketones is 3. The summed E-state index contributed by atoms with van der Waals surface area (Å²) < 4.78 is 13.0. The molecule has 62 heavy (non-hydrogen) atoms. The molecule has 0 radical (unpaired) electrons. The van der Waals surface area contributed by atoms with E-state index in [1.54, 1.807) is 19.1 Å². The number of hydrogen-bond acceptors (Lipinski definition) is 9. The number of aryl methyl sites for hydroxylation is 1. The summed E-state index contributed by atoms with van der Waals surface area (Å²) in [5.41, 5.74) is 9.39. The van der Waals surface area contributed by atoms with E-state index in [0.717, 1.165) is 43.2 Å². The van der Waals surface area contributed by atoms with Crippen LogP contribution in [0.2, 0.25) is 5.82 Å². The van der Waals surface area contributed by atoms with Crippen LogP contribution in [0.25, 0.3) is 11.1 Å². The Morgan fingerprint density at radius 3 is 2.00 bits per heavy atom. The van der Waals surface area contributed by atoms with Gasteiger partial charge in [0.05, 0.1) is 23.9 Å². The Bertz CT molecular complexity index is 1870. The number of aliphatic hydroxyl groups excluding tert-OH is 1. The van der Waals surface area contributed by atoms with Crippen molar-refractivity contribution >= 4 is 36.3 Å². The molecule has 0 spiro atoms. The van der Waals surface area contributed by atoms with Gasteiger partial charge in [-0.15, -0.1) is 0 Å². The molecule has 2 amide bonds. The van der Waals surface area contributed by atoms with Crippen molar-refractivity contribution < 1.29 is 38.4 Å². The summed E-state index contributed by atoms with van der Waals surface area (Å²) >= 11 is 0. The van der Waals surface area contributed by atoms with E-state index in [-0.39, 0.29) is 59.7 Å². The number of nitrogens with one attached hydrogen (secondary N) is 2. The molecule has 2 aromatic rings. The van der Waals surface area contributed by atoms with Crippen LogP contribution in [0.4, 0.5) is 0 Å². The summed E-state index contributed by atoms with van der Waals surface area (Å²) in [5.74, 6) is -2.88. The minimum Gasteiger partial charge on any atom is -0.405 e. The Labute approximate surface area is 370 Å². The number of unbranched alkanes of at least 4 members (excludes halogenated alkanes) is 2. The lowest BCUT2D eigenvalue weighted by molar-refractivity contribution is -0.199. The zero-order valence-electron chi connectivity index (χ0n) is 38.8. The maximum absolute atomic E-state index is 13.8. The van der Waals surface area contributed by atoms with Crippen molar-refractivity contribution in [2.45, 2.75) is 169 Å². The Morgan fingerprint density at radius 1 is 0.806 bits per heavy atom. The van der Waals surface area contributed by atoms with E-state index < -0.39 is 54.7 Å². The zero-order chi connectivity index (χ0) is 45.5. The first-order valence-corrected chi connectivity index (χ1v) is 23.4. The topological polar surface area (TPSA) is 174 Å². The molecule has 1 saturated heterocycles. The largest absolute Gasteiger partial charge is 0.461 e. The fraction of sp³-hybridized carbons (Fsp3) is 0.660. The van der Waals surface area contributed by atoms with E-state index in [0.29, 0.717) is 43.2 Å². The van der Waals surface area contributed by atoms with E-state index in [9.17, 15) is 29.1 Å². The Morgan fingerprint density at radius 2 is 1.42 bits per heavy atom. The monoisotopic (exact) mass is 856 g/mol. The van der Waals surface area contributed by atoms with Crippen LogP contribution in [0.3, 0.4) is 0 Å². The highest BCUT2D eigenvalue weighted by molar-refractivity contribution is 6.47. The van der Waals surface area contributed by atoms with Crippen LogP contribution in [0, 0.1) is 35.0 Å². The molecule has 2 aromatic carbocycles. The van der Waals surface area contributed by atoms with E-state index in [1.807, 2.05) is 32.9 Å². The molecular weight excluding hydrogens is 781 g/mol. The molecule has 3 saturated carbocycles. The maximum Gasteiger partial charge on any atom is 0.461 e. The molecular formula is C50H74BN3O8. The van der Waals surface area contributed by atoms with Crippen LogP contribution in [-0.4, -0.2) is 77.8 Å². The van der Waals surface area contributed by atoms with Crippen molar-refractivity contribution in [1.82, 2.24) is 10.6 Å². The van der Waals surface area contributed by atoms with Crippen molar-refractivity contribution in [1.29, 1.82) is 0 Å². The summed E-state index contributed by atoms with van der Waals surface area (Å²) in [6, 6.07) is 13.7. The third-order valence-corrected chi connectivity index (χ3v) is 14.5. The van der Waals surface area contributed by atoms with Gasteiger partial charge < -0.3 is 30.8 Å². The summed E-state index contributed by atoms with van der Waals surface area (Å²) in [6.07, 6.45) is 5.62. The average molecular weight is 856 g/mol. The van der Waals surface area contributed by atoms with Gasteiger partial charge in [0.1, 0.15) is 6.04 Å². The number of rotatable bonds is 24. The highest BCUT2D eigenvalue weighted by atomic mass is 16.7. The van der Waals surface area contributed by atoms with Gasteiger partial charge in [-0.05, 0) is 105 Å². The summed E-state index contributed by atoms with van der Waals surface area (Å²) in [7, 11) is -0.509. The minimum atomic E-state index is -1.30. The third-order valence-electron chi connectivity index (χ3n) is 14.5. The van der Waals surface area contributed by atoms with Gasteiger partial charge in [-0.25, -0.2) is 0 Å². The lowest BCUT2D eigenvalue weighted by atomic mass is 9.43. The van der Waals surface area contributed by atoms with Gasteiger partial charge in [0.15, 0.2) is 17.3 Å². The molecule has 4 fully saturated rings. The summed E-state index contributed by atoms with van der Waals surface area (Å²) in [6.45, 7) is 18.1. The minimum absolute atomic E-state index is 0.00752. The van der Waals surface area contributed by atoms with Crippen molar-refractivity contribution in [3.05, 3.63) is 59.7 Å². The fourth-order valence-electron chi connectivity index (χ4n) is 10.2. The number of nitrogens with two attached hydrogens (primary N) is 1. The molecule has 2 bridgehead atoms. The molecule has 1 unspecified atom stereocenters. The summed E-state index contributed by atoms with van der Waals surface area (Å²) in [4.78, 5) is 68.4. The van der Waals surface area contributed by atoms with Crippen LogP contribution < -0.4 is 16.4 Å². The van der Waals surface area contributed by atoms with Crippen LogP contribution in [0.1, 0.15) is 142 Å². The van der Waals surface area contributed by atoms with Gasteiger partial charge >= 0.3 is 7.12 Å². The fourth-order valence-corrected chi connectivity index (χ4v) is 10.2. The average Bonchev–Trinajstić information content (AvgIpc) is 3.61. The van der Waals surface area contributed by atoms with Crippen LogP contribution >= 0.6 is 0 Å². The standard InChI is InChI=1S/C50H74BN3O8/c1-10-11-14-34-16-18-35(19-17-34)36-20-22-37(23-21-36)40(56)27-38(15-12-13-24-52)48(60)54-46(33(6)55)41(57)25-31(4)47(59)53-45(30(2)3)42(58)26-32(5)51-61-44-29-39-28-43(49(39,7)8)50(44,9)62-51/h16-23,30-33,38-39,43-46,55H,10-15,24-29,52H2,1-9H3,(H,53,59)(H,54,60)/t31-,32-,33-,38-,39+,43+,44?,45+,46+,50+/m1/s1. The number of carbonyl (C=O) groups excluding carboxylic acids is 5. The van der Waals surface area contributed by atoms with Crippen LogP contribution in [0.5, 0.6) is 0 Å². The van der Waals surface area contributed by atoms with Gasteiger partial charge in [-0.1, -0.05) is 110 Å². The predicted molar refractivity (Wildman–Crippen MR) is 244 cm³/mol. The second-order valence-electron chi connectivity index (χ2n) is 20.0. The molecule has 5 N–H and O–H groups in total. The first-order valence-electron chi connectivity index (χ1n) is 23.4. The van der Waals surface area contributed by atoms with Crippen molar-refractivity contribution in [2.75, 3.05) is 6.54 Å². The molecule has 10 atom stereocenters. The Hall–Kier alpha value is -3.71. The molecule has 340 valence electrons. The molecule has 11 nitrogen and oxygen atoms in total. The second-order valence-corrected chi connectivity index (χ2v) is 20.0. The van der Waals surface area contributed by atoms with Gasteiger partial charge in [0, 0.05) is 36.7 Å². The molecule has 12 heteroatoms. The quantitative estimate of drug-likeness (QED) is 0.0469. The lowest BCUT2D eigenvalue weighted by Crippen LogP contribution is -2.65. The van der Waals surface area contributed by atoms with Crippen LogP contribution in [0.15, 0.2) is 48.5 Å². The van der Waals surface area contributed by atoms with Gasteiger partial charge in [-0.3, -0.25) is 24.0 Å². The molecule has 1 aliphatic heterocycles. The number of hydrogen-bond donors (Lipinski definition) is 4. The third kappa shape index (κ3) is 11.5. The molecule has 4 aliphatic rings. The van der Waals surface area contributed by atoms with Crippen molar-refractivity contribution in [2.24, 2.45) is 40.7 Å². The number of amides is 2. The number of aliphatic hydroxyl groups is 1. The Kier molecular flexibility index (Phi) is 17.0. The normalized spacial score (nSPS) is 24.2. The van der Waals surface area contributed by atoms with Gasteiger partial charge in [0.25, 0.3) is 0 Å². The molecule has 0 aromatic heterocycles. The number of Topliss-reactive ketones (excluding diaryl/α,β-unsaturated/α-hetero) is 3. The molecule has 6 rings (SSSR count). The highest BCUT2D eigenvalue weighted by Crippen LogP contribution is 2.66. The second kappa shape index (κ2) is 21.3. The summed E-state index contributed by atoms with van der Waals surface area (Å²) in [5, 5.41) is 16.3. The SMILES string of the molecule is CCCCc1ccc(-c2ccc(C(=O)C[C@@H](CCCCN)C(=O)N[C@H](C(=O)C[C@@H](C)C(=O)N[C@H](C(=O)C[C@@H](C)B3OC4C[C@@H]5C[C@@H](C5(C)C)[C@]4(C)O3)C(C)C)[C@@H](C)O)cc2)cc1. The first-order chi connectivity index (χ1) is 29.3. The van der Waals surface area contributed by atoms with Crippen LogP contribution in [-0.2, 0) is 34.9 Å². The van der Waals surface area contributed by atoms with Gasteiger partial charge in [0.2, 0.25) is 11.8 Å². The Balaban J connectivity index is 1.15. The smallest absolute Gasteiger partial charge is 0.405 e. The molecule has 3 aliphatic carbocycles. The first kappa shape index (κ1) is 49.3.